The molecule has 0 unspecified atom stereocenters. The summed E-state index contributed by atoms with van der Waals surface area (Å²) in [4.78, 5) is 25.4. The van der Waals surface area contributed by atoms with Gasteiger partial charge in [-0.15, -0.1) is 0 Å². The van der Waals surface area contributed by atoms with Gasteiger partial charge in [-0.2, -0.15) is 0 Å². The molecule has 2 aliphatic carbocycles. The van der Waals surface area contributed by atoms with Crippen LogP contribution in [0.2, 0.25) is 0 Å². The van der Waals surface area contributed by atoms with Gasteiger partial charge in [0.15, 0.2) is 11.6 Å². The van der Waals surface area contributed by atoms with E-state index in [9.17, 15) is 9.59 Å². The number of hydrogen-bond acceptors (Lipinski definition) is 3. The van der Waals surface area contributed by atoms with Crippen molar-refractivity contribution in [1.29, 1.82) is 0 Å². The van der Waals surface area contributed by atoms with E-state index in [1.54, 1.807) is 18.2 Å². The molecule has 3 nitrogen and oxygen atoms in total. The molecule has 0 aliphatic heterocycles. The first-order chi connectivity index (χ1) is 12.2. The number of ketones is 2. The lowest BCUT2D eigenvalue weighted by Crippen LogP contribution is -2.25. The lowest BCUT2D eigenvalue weighted by molar-refractivity contribution is 0.0979. The van der Waals surface area contributed by atoms with E-state index >= 15 is 0 Å². The quantitative estimate of drug-likeness (QED) is 0.781. The molecule has 0 amide bonds. The Labute approximate surface area is 148 Å². The van der Waals surface area contributed by atoms with E-state index in [1.165, 1.54) is 32.1 Å². The summed E-state index contributed by atoms with van der Waals surface area (Å²) in [6, 6.07) is 12.8. The molecule has 0 aromatic heterocycles. The van der Waals surface area contributed by atoms with Gasteiger partial charge in [0.25, 0.3) is 0 Å². The summed E-state index contributed by atoms with van der Waals surface area (Å²) < 4.78 is 0. The molecule has 0 spiro atoms. The van der Waals surface area contributed by atoms with Crippen LogP contribution in [0, 0.1) is 5.92 Å². The van der Waals surface area contributed by atoms with Crippen LogP contribution < -0.4 is 5.32 Å². The Balaban J connectivity index is 1.50. The minimum atomic E-state index is -0.0492. The number of nitrogens with one attached hydrogen (secondary N) is 1. The van der Waals surface area contributed by atoms with E-state index in [0.29, 0.717) is 22.3 Å². The molecular weight excluding hydrogens is 310 g/mol. The minimum Gasteiger partial charge on any atom is -0.312 e. The zero-order valence-corrected chi connectivity index (χ0v) is 14.4. The number of fused-ring (bicyclic) bond motifs is 2. The topological polar surface area (TPSA) is 46.2 Å². The van der Waals surface area contributed by atoms with Crippen LogP contribution in [0.5, 0.6) is 0 Å². The molecule has 25 heavy (non-hydrogen) atoms. The van der Waals surface area contributed by atoms with Crippen molar-refractivity contribution < 1.29 is 9.59 Å². The van der Waals surface area contributed by atoms with E-state index in [1.807, 2.05) is 24.3 Å². The molecule has 2 aliphatic rings. The highest BCUT2D eigenvalue weighted by molar-refractivity contribution is 6.28. The third-order valence-electron chi connectivity index (χ3n) is 5.48. The second-order valence-corrected chi connectivity index (χ2v) is 7.22. The number of rotatable bonds is 4. The van der Waals surface area contributed by atoms with Gasteiger partial charge in [-0.05, 0) is 43.0 Å². The molecule has 2 aromatic rings. The summed E-state index contributed by atoms with van der Waals surface area (Å²) in [6.07, 6.45) is 6.71. The summed E-state index contributed by atoms with van der Waals surface area (Å²) in [5, 5.41) is 3.53. The number of benzene rings is 2. The van der Waals surface area contributed by atoms with Gasteiger partial charge in [0.2, 0.25) is 0 Å². The first kappa shape index (κ1) is 16.2. The fraction of sp³-hybridized carbons (Fsp3) is 0.364. The van der Waals surface area contributed by atoms with Crippen LogP contribution in [0.25, 0.3) is 0 Å². The van der Waals surface area contributed by atoms with Crippen molar-refractivity contribution in [3.63, 3.8) is 0 Å². The first-order valence-corrected chi connectivity index (χ1v) is 9.26. The Morgan fingerprint density at radius 1 is 0.800 bits per heavy atom. The van der Waals surface area contributed by atoms with Gasteiger partial charge in [-0.1, -0.05) is 49.6 Å². The molecule has 4 rings (SSSR count). The van der Waals surface area contributed by atoms with Crippen LogP contribution in [0.1, 0.15) is 69.5 Å². The molecule has 0 bridgehead atoms. The van der Waals surface area contributed by atoms with Crippen molar-refractivity contribution in [1.82, 2.24) is 5.32 Å². The summed E-state index contributed by atoms with van der Waals surface area (Å²) in [5.41, 5.74) is 3.17. The van der Waals surface area contributed by atoms with Crippen LogP contribution in [0.3, 0.4) is 0 Å². The smallest absolute Gasteiger partial charge is 0.194 e. The zero-order chi connectivity index (χ0) is 17.2. The molecule has 3 heteroatoms. The molecule has 0 heterocycles. The van der Waals surface area contributed by atoms with Gasteiger partial charge in [0, 0.05) is 28.8 Å². The fourth-order valence-corrected chi connectivity index (χ4v) is 4.07. The lowest BCUT2D eigenvalue weighted by Gasteiger charge is -2.22. The van der Waals surface area contributed by atoms with Gasteiger partial charge in [-0.25, -0.2) is 0 Å². The SMILES string of the molecule is O=C1c2ccccc2C(=O)c2cc(CNCC3CCCCC3)ccc21. The van der Waals surface area contributed by atoms with Crippen molar-refractivity contribution in [2.45, 2.75) is 38.6 Å². The monoisotopic (exact) mass is 333 g/mol. The fourth-order valence-electron chi connectivity index (χ4n) is 4.07. The average Bonchev–Trinajstić information content (AvgIpc) is 2.67. The van der Waals surface area contributed by atoms with E-state index in [-0.39, 0.29) is 11.6 Å². The normalized spacial score (nSPS) is 17.3. The third-order valence-corrected chi connectivity index (χ3v) is 5.48. The van der Waals surface area contributed by atoms with Crippen LogP contribution in [0.15, 0.2) is 42.5 Å². The van der Waals surface area contributed by atoms with E-state index in [0.717, 1.165) is 24.6 Å². The predicted octanol–water partition coefficient (Wildman–Crippen LogP) is 4.13. The van der Waals surface area contributed by atoms with Gasteiger partial charge in [0.05, 0.1) is 0 Å². The molecule has 0 atom stereocenters. The minimum absolute atomic E-state index is 0.0423. The number of carbonyl (C=O) groups is 2. The van der Waals surface area contributed by atoms with E-state index < -0.39 is 0 Å². The number of hydrogen-bond donors (Lipinski definition) is 1. The summed E-state index contributed by atoms with van der Waals surface area (Å²) in [5.74, 6) is 0.688. The van der Waals surface area contributed by atoms with Gasteiger partial charge < -0.3 is 5.32 Å². The standard InChI is InChI=1S/C22H23NO2/c24-21-17-8-4-5-9-18(17)22(25)20-12-16(10-11-19(20)21)14-23-13-15-6-2-1-3-7-15/h4-5,8-12,15,23H,1-3,6-7,13-14H2. The Hall–Kier alpha value is -2.26. The molecule has 1 N–H and O–H groups in total. The molecular formula is C22H23NO2. The molecule has 1 saturated carbocycles. The maximum atomic E-state index is 12.8. The third kappa shape index (κ3) is 3.16. The van der Waals surface area contributed by atoms with Crippen LogP contribution in [0.4, 0.5) is 0 Å². The summed E-state index contributed by atoms with van der Waals surface area (Å²) >= 11 is 0. The second-order valence-electron chi connectivity index (χ2n) is 7.22. The van der Waals surface area contributed by atoms with E-state index in [2.05, 4.69) is 5.32 Å². The Morgan fingerprint density at radius 3 is 2.16 bits per heavy atom. The van der Waals surface area contributed by atoms with Crippen LogP contribution >= 0.6 is 0 Å². The van der Waals surface area contributed by atoms with Crippen molar-refractivity contribution in [3.05, 3.63) is 70.3 Å². The van der Waals surface area contributed by atoms with Gasteiger partial charge in [0.1, 0.15) is 0 Å². The summed E-state index contributed by atoms with van der Waals surface area (Å²) in [6.45, 7) is 1.78. The van der Waals surface area contributed by atoms with Crippen molar-refractivity contribution in [2.24, 2.45) is 5.92 Å². The average molecular weight is 333 g/mol. The Kier molecular flexibility index (Phi) is 4.50. The number of carbonyl (C=O) groups excluding carboxylic acids is 2. The van der Waals surface area contributed by atoms with Crippen LogP contribution in [-0.4, -0.2) is 18.1 Å². The first-order valence-electron chi connectivity index (χ1n) is 9.26. The highest BCUT2D eigenvalue weighted by atomic mass is 16.1. The van der Waals surface area contributed by atoms with Crippen molar-refractivity contribution in [2.75, 3.05) is 6.54 Å². The molecule has 2 aromatic carbocycles. The molecule has 128 valence electrons. The second kappa shape index (κ2) is 6.93. The summed E-state index contributed by atoms with van der Waals surface area (Å²) in [7, 11) is 0. The van der Waals surface area contributed by atoms with Gasteiger partial charge in [-0.3, -0.25) is 9.59 Å². The lowest BCUT2D eigenvalue weighted by atomic mass is 9.83. The highest BCUT2D eigenvalue weighted by Gasteiger charge is 2.29. The van der Waals surface area contributed by atoms with E-state index in [4.69, 9.17) is 0 Å². The largest absolute Gasteiger partial charge is 0.312 e. The Morgan fingerprint density at radius 2 is 1.44 bits per heavy atom. The van der Waals surface area contributed by atoms with Gasteiger partial charge >= 0.3 is 0 Å². The Bertz CT molecular complexity index is 819. The molecule has 0 saturated heterocycles. The maximum Gasteiger partial charge on any atom is 0.194 e. The van der Waals surface area contributed by atoms with Crippen molar-refractivity contribution in [3.8, 4) is 0 Å². The predicted molar refractivity (Wildman–Crippen MR) is 98.0 cm³/mol. The van der Waals surface area contributed by atoms with Crippen molar-refractivity contribution >= 4 is 11.6 Å². The molecule has 1 fully saturated rings. The molecule has 0 radical (unpaired) electrons. The van der Waals surface area contributed by atoms with Crippen LogP contribution in [-0.2, 0) is 6.54 Å². The maximum absolute atomic E-state index is 12.8. The highest BCUT2D eigenvalue weighted by Crippen LogP contribution is 2.28. The zero-order valence-electron chi connectivity index (χ0n) is 14.4.